The summed E-state index contributed by atoms with van der Waals surface area (Å²) in [6.07, 6.45) is -0.218. The third-order valence-electron chi connectivity index (χ3n) is 4.24. The molecule has 0 radical (unpaired) electrons. The van der Waals surface area contributed by atoms with E-state index in [0.717, 1.165) is 43.1 Å². The third kappa shape index (κ3) is 4.86. The second-order valence-corrected chi connectivity index (χ2v) is 8.68. The second-order valence-electron chi connectivity index (χ2n) is 6.45. The van der Waals surface area contributed by atoms with Crippen molar-refractivity contribution in [3.05, 3.63) is 68.4 Å². The number of thioether (sulfide) groups is 1. The van der Waals surface area contributed by atoms with Crippen LogP contribution in [0.25, 0.3) is 0 Å². The van der Waals surface area contributed by atoms with Crippen LogP contribution in [0.1, 0.15) is 35.5 Å². The molecular formula is C20H21BrClN3OS. The maximum atomic E-state index is 6.24. The molecule has 1 aromatic heterocycles. The molecule has 0 bridgehead atoms. The van der Waals surface area contributed by atoms with Crippen LogP contribution in [0.2, 0.25) is 5.02 Å². The minimum atomic E-state index is -0.218. The molecule has 0 aliphatic heterocycles. The largest absolute Gasteiger partial charge is 0.483 e. The van der Waals surface area contributed by atoms with Crippen molar-refractivity contribution < 1.29 is 4.74 Å². The molecule has 0 aliphatic carbocycles. The summed E-state index contributed by atoms with van der Waals surface area (Å²) in [5, 5.41) is 10.3. The van der Waals surface area contributed by atoms with Gasteiger partial charge < -0.3 is 9.30 Å². The van der Waals surface area contributed by atoms with Crippen molar-refractivity contribution in [3.63, 3.8) is 0 Å². The predicted octanol–water partition coefficient (Wildman–Crippen LogP) is 6.28. The normalized spacial score (nSPS) is 12.2. The fourth-order valence-electron chi connectivity index (χ4n) is 2.77. The first-order valence-corrected chi connectivity index (χ1v) is 10.7. The molecule has 0 fully saturated rings. The van der Waals surface area contributed by atoms with Crippen LogP contribution in [0.5, 0.6) is 5.75 Å². The molecule has 0 saturated heterocycles. The molecule has 0 spiro atoms. The van der Waals surface area contributed by atoms with E-state index in [1.54, 1.807) is 11.8 Å². The predicted molar refractivity (Wildman–Crippen MR) is 115 cm³/mol. The molecule has 7 heteroatoms. The number of aromatic nitrogens is 3. The van der Waals surface area contributed by atoms with Gasteiger partial charge in [-0.15, -0.1) is 10.2 Å². The highest BCUT2D eigenvalue weighted by atomic mass is 79.9. The monoisotopic (exact) mass is 465 g/mol. The van der Waals surface area contributed by atoms with Gasteiger partial charge in [0, 0.05) is 22.3 Å². The molecule has 3 aromatic rings. The number of ether oxygens (including phenoxy) is 1. The summed E-state index contributed by atoms with van der Waals surface area (Å²) < 4.78 is 9.16. The van der Waals surface area contributed by atoms with Crippen LogP contribution in [0.15, 0.2) is 46.0 Å². The first-order valence-electron chi connectivity index (χ1n) is 8.55. The van der Waals surface area contributed by atoms with E-state index in [1.165, 1.54) is 5.56 Å². The Morgan fingerprint density at radius 2 is 1.78 bits per heavy atom. The number of aryl methyl sites for hydroxylation is 2. The fourth-order valence-corrected chi connectivity index (χ4v) is 4.01. The summed E-state index contributed by atoms with van der Waals surface area (Å²) in [5.74, 6) is 2.41. The number of rotatable bonds is 6. The van der Waals surface area contributed by atoms with Gasteiger partial charge in [-0.1, -0.05) is 51.4 Å². The number of hydrogen-bond donors (Lipinski definition) is 0. The van der Waals surface area contributed by atoms with E-state index in [-0.39, 0.29) is 6.10 Å². The van der Waals surface area contributed by atoms with Gasteiger partial charge >= 0.3 is 0 Å². The summed E-state index contributed by atoms with van der Waals surface area (Å²) >= 11 is 11.4. The zero-order valence-corrected chi connectivity index (χ0v) is 18.8. The van der Waals surface area contributed by atoms with Gasteiger partial charge in [-0.3, -0.25) is 0 Å². The van der Waals surface area contributed by atoms with Gasteiger partial charge in [0.25, 0.3) is 0 Å². The summed E-state index contributed by atoms with van der Waals surface area (Å²) in [5.41, 5.74) is 3.24. The Bertz CT molecular complexity index is 920. The van der Waals surface area contributed by atoms with E-state index in [4.69, 9.17) is 16.3 Å². The van der Waals surface area contributed by atoms with Gasteiger partial charge in [0.15, 0.2) is 17.1 Å². The first-order chi connectivity index (χ1) is 12.8. The topological polar surface area (TPSA) is 39.9 Å². The summed E-state index contributed by atoms with van der Waals surface area (Å²) in [7, 11) is 1.97. The Balaban J connectivity index is 1.69. The molecule has 3 rings (SSSR count). The van der Waals surface area contributed by atoms with Gasteiger partial charge in [-0.2, -0.15) is 0 Å². The molecule has 2 aromatic carbocycles. The Kier molecular flexibility index (Phi) is 6.50. The van der Waals surface area contributed by atoms with Gasteiger partial charge in [0.05, 0.1) is 0 Å². The molecule has 27 heavy (non-hydrogen) atoms. The highest BCUT2D eigenvalue weighted by Gasteiger charge is 2.18. The molecule has 1 heterocycles. The first kappa shape index (κ1) is 20.2. The Hall–Kier alpha value is -1.50. The minimum absolute atomic E-state index is 0.218. The summed E-state index contributed by atoms with van der Waals surface area (Å²) in [6, 6.07) is 12.2. The van der Waals surface area contributed by atoms with Crippen LogP contribution in [0, 0.1) is 13.8 Å². The molecule has 1 atom stereocenters. The lowest BCUT2D eigenvalue weighted by molar-refractivity contribution is 0.211. The SMILES string of the molecule is Cc1cc(OC(C)c2nnc(SCc3ccc(Br)cc3)n2C)cc(C)c1Cl. The van der Waals surface area contributed by atoms with Crippen molar-refractivity contribution in [1.29, 1.82) is 0 Å². The van der Waals surface area contributed by atoms with Crippen molar-refractivity contribution in [2.75, 3.05) is 0 Å². The van der Waals surface area contributed by atoms with Crippen molar-refractivity contribution in [1.82, 2.24) is 14.8 Å². The quantitative estimate of drug-likeness (QED) is 0.401. The molecule has 4 nitrogen and oxygen atoms in total. The van der Waals surface area contributed by atoms with Crippen LogP contribution in [0.3, 0.4) is 0 Å². The van der Waals surface area contributed by atoms with E-state index in [2.05, 4.69) is 38.3 Å². The summed E-state index contributed by atoms with van der Waals surface area (Å²) in [6.45, 7) is 5.94. The highest BCUT2D eigenvalue weighted by molar-refractivity contribution is 9.10. The number of halogens is 2. The van der Waals surface area contributed by atoms with Crippen LogP contribution >= 0.6 is 39.3 Å². The van der Waals surface area contributed by atoms with E-state index in [0.29, 0.717) is 0 Å². The lowest BCUT2D eigenvalue weighted by Gasteiger charge is -2.16. The maximum absolute atomic E-state index is 6.24. The molecule has 0 aliphatic rings. The van der Waals surface area contributed by atoms with Gasteiger partial charge in [-0.25, -0.2) is 0 Å². The van der Waals surface area contributed by atoms with E-state index in [9.17, 15) is 0 Å². The van der Waals surface area contributed by atoms with Crippen LogP contribution in [-0.2, 0) is 12.8 Å². The molecular weight excluding hydrogens is 446 g/mol. The van der Waals surface area contributed by atoms with Gasteiger partial charge in [-0.05, 0) is 61.7 Å². The lowest BCUT2D eigenvalue weighted by Crippen LogP contribution is -2.10. The van der Waals surface area contributed by atoms with Crippen molar-refractivity contribution in [2.45, 2.75) is 37.8 Å². The number of nitrogens with zero attached hydrogens (tertiary/aromatic N) is 3. The summed E-state index contributed by atoms with van der Waals surface area (Å²) in [4.78, 5) is 0. The molecule has 0 saturated carbocycles. The van der Waals surface area contributed by atoms with Gasteiger partial charge in [0.1, 0.15) is 5.75 Å². The zero-order valence-electron chi connectivity index (χ0n) is 15.7. The van der Waals surface area contributed by atoms with Crippen molar-refractivity contribution in [3.8, 4) is 5.75 Å². The van der Waals surface area contributed by atoms with Crippen LogP contribution in [0.4, 0.5) is 0 Å². The Morgan fingerprint density at radius 1 is 1.15 bits per heavy atom. The number of benzene rings is 2. The molecule has 142 valence electrons. The average Bonchev–Trinajstić information content (AvgIpc) is 3.00. The lowest BCUT2D eigenvalue weighted by atomic mass is 10.1. The molecule has 0 amide bonds. The van der Waals surface area contributed by atoms with Crippen LogP contribution in [-0.4, -0.2) is 14.8 Å². The molecule has 1 unspecified atom stereocenters. The third-order valence-corrected chi connectivity index (χ3v) is 6.45. The average molecular weight is 467 g/mol. The van der Waals surface area contributed by atoms with Crippen LogP contribution < -0.4 is 4.74 Å². The maximum Gasteiger partial charge on any atom is 0.191 e. The smallest absolute Gasteiger partial charge is 0.191 e. The van der Waals surface area contributed by atoms with E-state index < -0.39 is 0 Å². The number of hydrogen-bond acceptors (Lipinski definition) is 4. The Morgan fingerprint density at radius 3 is 2.41 bits per heavy atom. The van der Waals surface area contributed by atoms with E-state index in [1.807, 2.05) is 56.7 Å². The standard InChI is InChI=1S/C20H21BrClN3OS/c1-12-9-17(10-13(2)18(12)22)26-14(3)19-23-24-20(25(19)4)27-11-15-5-7-16(21)8-6-15/h5-10,14H,11H2,1-4H3. The molecule has 0 N–H and O–H groups in total. The zero-order chi connectivity index (χ0) is 19.6. The van der Waals surface area contributed by atoms with Crippen molar-refractivity contribution in [2.24, 2.45) is 7.05 Å². The fraction of sp³-hybridized carbons (Fsp3) is 0.300. The minimum Gasteiger partial charge on any atom is -0.483 e. The Labute approximate surface area is 177 Å². The highest BCUT2D eigenvalue weighted by Crippen LogP contribution is 2.30. The van der Waals surface area contributed by atoms with Gasteiger partial charge in [0.2, 0.25) is 0 Å². The van der Waals surface area contributed by atoms with Crippen molar-refractivity contribution >= 4 is 39.3 Å². The van der Waals surface area contributed by atoms with E-state index >= 15 is 0 Å². The second kappa shape index (κ2) is 8.67.